The number of nitrogens with zero attached hydrogens (tertiary/aromatic N) is 4. The molecule has 3 aromatic carbocycles. The molecule has 0 aliphatic carbocycles. The number of methoxy groups -OCH3 is 1. The summed E-state index contributed by atoms with van der Waals surface area (Å²) >= 11 is 0. The predicted molar refractivity (Wildman–Crippen MR) is 152 cm³/mol. The Labute approximate surface area is 241 Å². The number of nitrogens with one attached hydrogen (secondary N) is 1. The summed E-state index contributed by atoms with van der Waals surface area (Å²) in [6, 6.07) is 27.5. The van der Waals surface area contributed by atoms with Crippen LogP contribution in [0.1, 0.15) is 29.8 Å². The van der Waals surface area contributed by atoms with Crippen LogP contribution in [0.2, 0.25) is 0 Å². The third kappa shape index (κ3) is 4.29. The molecule has 216 valence electrons. The van der Waals surface area contributed by atoms with E-state index in [2.05, 4.69) is 20.3 Å². The molecular formula is C31H30FN5O5. The van der Waals surface area contributed by atoms with Crippen LogP contribution in [0.15, 0.2) is 97.6 Å². The van der Waals surface area contributed by atoms with E-state index >= 15 is 4.39 Å². The maximum absolute atomic E-state index is 15.1. The van der Waals surface area contributed by atoms with Crippen molar-refractivity contribution >= 4 is 17.0 Å². The first-order chi connectivity index (χ1) is 20.2. The molecule has 0 radical (unpaired) electrons. The molecule has 4 atom stereocenters. The Kier molecular flexibility index (Phi) is 6.90. The molecule has 6 rings (SSSR count). The molecule has 2 aromatic heterocycles. The van der Waals surface area contributed by atoms with Crippen molar-refractivity contribution in [3.8, 4) is 5.75 Å². The van der Waals surface area contributed by atoms with E-state index in [1.807, 2.05) is 84.9 Å². The number of rotatable bonds is 8. The number of anilines is 1. The minimum atomic E-state index is -2.87. The molecule has 10 nitrogen and oxygen atoms in total. The maximum Gasteiger partial charge on any atom is 0.263 e. The van der Waals surface area contributed by atoms with Crippen molar-refractivity contribution in [2.24, 2.45) is 0 Å². The Balaban J connectivity index is 1.54. The summed E-state index contributed by atoms with van der Waals surface area (Å²) in [5.74, 6) is -1.81. The lowest BCUT2D eigenvalue weighted by atomic mass is 9.77. The first-order valence-electron chi connectivity index (χ1n) is 13.3. The van der Waals surface area contributed by atoms with Crippen LogP contribution < -0.4 is 10.1 Å². The van der Waals surface area contributed by atoms with Crippen LogP contribution in [0.5, 0.6) is 5.75 Å². The summed E-state index contributed by atoms with van der Waals surface area (Å²) in [5.41, 5.74) is 0.197. The van der Waals surface area contributed by atoms with Gasteiger partial charge in [-0.2, -0.15) is 0 Å². The summed E-state index contributed by atoms with van der Waals surface area (Å²) in [7, 11) is 1.61. The molecule has 5 aromatic rings. The Hall–Kier alpha value is -4.42. The van der Waals surface area contributed by atoms with E-state index in [0.717, 1.165) is 16.7 Å². The average molecular weight is 572 g/mol. The van der Waals surface area contributed by atoms with Gasteiger partial charge in [-0.25, -0.2) is 19.3 Å². The fourth-order valence-corrected chi connectivity index (χ4v) is 5.63. The van der Waals surface area contributed by atoms with Crippen molar-refractivity contribution in [1.82, 2.24) is 19.5 Å². The van der Waals surface area contributed by atoms with Gasteiger partial charge in [-0.3, -0.25) is 4.57 Å². The summed E-state index contributed by atoms with van der Waals surface area (Å²) in [5, 5.41) is 34.7. The highest BCUT2D eigenvalue weighted by Crippen LogP contribution is 2.46. The summed E-state index contributed by atoms with van der Waals surface area (Å²) in [6.45, 7) is 0.0821. The van der Waals surface area contributed by atoms with E-state index < -0.39 is 35.9 Å². The number of aromatic nitrogens is 4. The van der Waals surface area contributed by atoms with E-state index in [9.17, 15) is 15.3 Å². The summed E-state index contributed by atoms with van der Waals surface area (Å²) in [6.07, 6.45) is -0.797. The third-order valence-electron chi connectivity index (χ3n) is 7.84. The van der Waals surface area contributed by atoms with Crippen LogP contribution in [0, 0.1) is 0 Å². The summed E-state index contributed by atoms with van der Waals surface area (Å²) < 4.78 is 27.2. The normalized spacial score (nSPS) is 24.1. The van der Waals surface area contributed by atoms with Crippen molar-refractivity contribution in [1.29, 1.82) is 0 Å². The van der Waals surface area contributed by atoms with Gasteiger partial charge in [-0.05, 0) is 35.7 Å². The smallest absolute Gasteiger partial charge is 0.263 e. The molecule has 42 heavy (non-hydrogen) atoms. The number of aliphatic hydroxyl groups is 3. The predicted octanol–water partition coefficient (Wildman–Crippen LogP) is 3.54. The molecule has 0 spiro atoms. The molecule has 1 aliphatic heterocycles. The maximum atomic E-state index is 15.1. The lowest BCUT2D eigenvalue weighted by molar-refractivity contribution is -0.206. The minimum Gasteiger partial charge on any atom is -0.497 e. The topological polar surface area (TPSA) is 135 Å². The van der Waals surface area contributed by atoms with Crippen LogP contribution in [0.25, 0.3) is 11.2 Å². The molecule has 1 fully saturated rings. The zero-order valence-electron chi connectivity index (χ0n) is 22.9. The number of halogens is 1. The molecule has 4 N–H and O–H groups in total. The lowest BCUT2D eigenvalue weighted by Crippen LogP contribution is -2.48. The van der Waals surface area contributed by atoms with E-state index in [4.69, 9.17) is 9.47 Å². The van der Waals surface area contributed by atoms with Crippen LogP contribution in [0.3, 0.4) is 0 Å². The van der Waals surface area contributed by atoms with Gasteiger partial charge in [0.15, 0.2) is 23.2 Å². The van der Waals surface area contributed by atoms with Crippen molar-refractivity contribution < 1.29 is 29.2 Å². The van der Waals surface area contributed by atoms with Gasteiger partial charge in [-0.15, -0.1) is 0 Å². The van der Waals surface area contributed by atoms with Crippen LogP contribution in [0.4, 0.5) is 10.2 Å². The highest BCUT2D eigenvalue weighted by Gasteiger charge is 2.63. The van der Waals surface area contributed by atoms with Crippen LogP contribution >= 0.6 is 0 Å². The second-order valence-electron chi connectivity index (χ2n) is 10.4. The molecular weight excluding hydrogens is 541 g/mol. The number of hydrogen-bond acceptors (Lipinski definition) is 9. The van der Waals surface area contributed by atoms with Crippen molar-refractivity contribution in [2.45, 2.75) is 36.3 Å². The quantitative estimate of drug-likeness (QED) is 0.206. The van der Waals surface area contributed by atoms with Gasteiger partial charge < -0.3 is 30.1 Å². The zero-order chi connectivity index (χ0) is 29.5. The summed E-state index contributed by atoms with van der Waals surface area (Å²) in [4.78, 5) is 13.4. The largest absolute Gasteiger partial charge is 0.497 e. The molecule has 3 heterocycles. The van der Waals surface area contributed by atoms with Gasteiger partial charge in [0, 0.05) is 0 Å². The number of aliphatic hydroxyl groups excluding tert-OH is 2. The SMILES string of the molecule is COc1ccc(C(Nc2ncnc3c2ncn3[C@@H]2O[C@](F)(CO)[C@@H](O)[C@@]2(C)O)(c2ccccc2)c2ccccc2)cc1. The van der Waals surface area contributed by atoms with Gasteiger partial charge in [0.2, 0.25) is 0 Å². The fourth-order valence-electron chi connectivity index (χ4n) is 5.63. The second kappa shape index (κ2) is 10.4. The Bertz CT molecular complexity index is 1640. The molecule has 0 bridgehead atoms. The highest BCUT2D eigenvalue weighted by atomic mass is 19.2. The Morgan fingerprint density at radius 3 is 2.10 bits per heavy atom. The standard InChI is InChI=1S/C31H30FN5O5/c1-29(40)27(39)30(32,17-38)42-28(29)37-19-35-24-25(33-18-34-26(24)37)36-31(20-9-5-3-6-10-20,21-11-7-4-8-12-21)22-13-15-23(41-2)16-14-22/h3-16,18-19,27-28,38-40H,17H2,1-2H3,(H,33,34,36)/t27-,28+,29+,30+/m0/s1. The van der Waals surface area contributed by atoms with E-state index in [0.29, 0.717) is 17.1 Å². The van der Waals surface area contributed by atoms with Gasteiger partial charge >= 0.3 is 0 Å². The number of fused-ring (bicyclic) bond motifs is 1. The lowest BCUT2D eigenvalue weighted by Gasteiger charge is -2.37. The monoisotopic (exact) mass is 571 g/mol. The first kappa shape index (κ1) is 27.7. The molecule has 1 aliphatic rings. The number of hydrogen-bond donors (Lipinski definition) is 4. The molecule has 0 unspecified atom stereocenters. The van der Waals surface area contributed by atoms with Crippen molar-refractivity contribution in [3.05, 3.63) is 114 Å². The van der Waals surface area contributed by atoms with Crippen LogP contribution in [-0.4, -0.2) is 66.1 Å². The molecule has 1 saturated heterocycles. The van der Waals surface area contributed by atoms with Crippen molar-refractivity contribution in [2.75, 3.05) is 19.0 Å². The molecule has 0 amide bonds. The average Bonchev–Trinajstić information content (AvgIpc) is 3.54. The van der Waals surface area contributed by atoms with Crippen molar-refractivity contribution in [3.63, 3.8) is 0 Å². The minimum absolute atomic E-state index is 0.219. The zero-order valence-corrected chi connectivity index (χ0v) is 22.9. The van der Waals surface area contributed by atoms with E-state index in [-0.39, 0.29) is 5.65 Å². The van der Waals surface area contributed by atoms with Gasteiger partial charge in [0.1, 0.15) is 35.9 Å². The number of benzene rings is 3. The fraction of sp³-hybridized carbons (Fsp3) is 0.258. The van der Waals surface area contributed by atoms with Gasteiger partial charge in [0.25, 0.3) is 5.85 Å². The number of ether oxygens (including phenoxy) is 2. The van der Waals surface area contributed by atoms with E-state index in [1.54, 1.807) is 7.11 Å². The molecule has 0 saturated carbocycles. The number of alkyl halides is 1. The third-order valence-corrected chi connectivity index (χ3v) is 7.84. The first-order valence-corrected chi connectivity index (χ1v) is 13.3. The molecule has 11 heteroatoms. The highest BCUT2D eigenvalue weighted by molar-refractivity contribution is 5.84. The Morgan fingerprint density at radius 2 is 1.55 bits per heavy atom. The van der Waals surface area contributed by atoms with Gasteiger partial charge in [-0.1, -0.05) is 72.8 Å². The van der Waals surface area contributed by atoms with Gasteiger partial charge in [0.05, 0.1) is 13.4 Å². The second-order valence-corrected chi connectivity index (χ2v) is 10.4. The van der Waals surface area contributed by atoms with E-state index in [1.165, 1.54) is 24.1 Å². The Morgan fingerprint density at radius 1 is 0.952 bits per heavy atom. The number of imidazole rings is 1. The van der Waals surface area contributed by atoms with Crippen LogP contribution in [-0.2, 0) is 10.3 Å².